The van der Waals surface area contributed by atoms with E-state index < -0.39 is 0 Å². The minimum atomic E-state index is -0.270. The molecule has 0 aromatic heterocycles. The van der Waals surface area contributed by atoms with Crippen molar-refractivity contribution >= 4 is 17.1 Å². The van der Waals surface area contributed by atoms with Gasteiger partial charge in [-0.1, -0.05) is 48.5 Å². The van der Waals surface area contributed by atoms with E-state index in [4.69, 9.17) is 9.47 Å². The maximum Gasteiger partial charge on any atom is 0.235 e. The molecule has 1 heterocycles. The second-order valence-electron chi connectivity index (χ2n) is 7.05. The van der Waals surface area contributed by atoms with Gasteiger partial charge in [0.15, 0.2) is 0 Å². The van der Waals surface area contributed by atoms with Crippen molar-refractivity contribution in [1.29, 1.82) is 5.26 Å². The number of nitrogens with zero attached hydrogens (tertiary/aromatic N) is 3. The molecular weight excluding hydrogens is 362 g/mol. The molecular formula is C24H21N3O2. The average molecular weight is 383 g/mol. The van der Waals surface area contributed by atoms with Gasteiger partial charge >= 0.3 is 0 Å². The van der Waals surface area contributed by atoms with Crippen LogP contribution in [0.5, 0.6) is 11.5 Å². The number of rotatable bonds is 4. The fourth-order valence-corrected chi connectivity index (χ4v) is 3.55. The molecule has 3 aromatic rings. The Morgan fingerprint density at radius 3 is 2.52 bits per heavy atom. The number of benzene rings is 3. The molecule has 0 amide bonds. The lowest BCUT2D eigenvalue weighted by Crippen LogP contribution is -2.17. The molecule has 5 nitrogen and oxygen atoms in total. The zero-order chi connectivity index (χ0) is 20.4. The van der Waals surface area contributed by atoms with Crippen LogP contribution in [0.1, 0.15) is 17.0 Å². The maximum atomic E-state index is 10.00. The molecule has 0 fully saturated rings. The Labute approximate surface area is 170 Å². The van der Waals surface area contributed by atoms with E-state index in [1.54, 1.807) is 13.4 Å². The molecule has 0 N–H and O–H groups in total. The summed E-state index contributed by atoms with van der Waals surface area (Å²) in [5, 5.41) is 12.1. The summed E-state index contributed by atoms with van der Waals surface area (Å²) in [7, 11) is 5.39. The van der Waals surface area contributed by atoms with Crippen LogP contribution >= 0.6 is 0 Å². The third-order valence-corrected chi connectivity index (χ3v) is 4.91. The molecule has 1 aliphatic rings. The Morgan fingerprint density at radius 2 is 1.83 bits per heavy atom. The van der Waals surface area contributed by atoms with Crippen LogP contribution in [-0.2, 0) is 0 Å². The van der Waals surface area contributed by atoms with E-state index >= 15 is 0 Å². The number of hydrogen-bond acceptors (Lipinski definition) is 4. The molecule has 5 heteroatoms. The standard InChI is InChI=1S/C24H21N3O2/c1-27(2)15-26-24-21(14-25)22(17-8-11-18(28-3)12-9-17)20-13-10-16-6-4-5-7-19(16)23(20)29-24/h4-13,15,22H,1-3H3. The molecule has 3 aromatic carbocycles. The van der Waals surface area contributed by atoms with E-state index in [0.29, 0.717) is 11.5 Å². The number of allylic oxidation sites excluding steroid dienone is 1. The topological polar surface area (TPSA) is 57.8 Å². The van der Waals surface area contributed by atoms with Crippen molar-refractivity contribution in [2.45, 2.75) is 5.92 Å². The zero-order valence-corrected chi connectivity index (χ0v) is 16.6. The predicted octanol–water partition coefficient (Wildman–Crippen LogP) is 4.70. The molecule has 0 spiro atoms. The van der Waals surface area contributed by atoms with Gasteiger partial charge in [-0.3, -0.25) is 0 Å². The number of ether oxygens (including phenoxy) is 2. The Morgan fingerprint density at radius 1 is 1.07 bits per heavy atom. The van der Waals surface area contributed by atoms with E-state index in [1.165, 1.54) is 0 Å². The Bertz CT molecular complexity index is 1150. The summed E-state index contributed by atoms with van der Waals surface area (Å²) in [6.45, 7) is 0. The normalized spacial score (nSPS) is 15.7. The third kappa shape index (κ3) is 3.41. The highest BCUT2D eigenvalue weighted by molar-refractivity contribution is 5.91. The van der Waals surface area contributed by atoms with Gasteiger partial charge in [-0.2, -0.15) is 5.26 Å². The van der Waals surface area contributed by atoms with Gasteiger partial charge in [0.05, 0.1) is 19.4 Å². The van der Waals surface area contributed by atoms with E-state index in [-0.39, 0.29) is 5.92 Å². The van der Waals surface area contributed by atoms with Crippen LogP contribution in [0.2, 0.25) is 0 Å². The molecule has 1 unspecified atom stereocenters. The molecule has 0 saturated heterocycles. The number of nitriles is 1. The third-order valence-electron chi connectivity index (χ3n) is 4.91. The van der Waals surface area contributed by atoms with Gasteiger partial charge in [-0.05, 0) is 23.1 Å². The van der Waals surface area contributed by atoms with Crippen molar-refractivity contribution in [2.24, 2.45) is 4.99 Å². The van der Waals surface area contributed by atoms with Crippen LogP contribution in [0.15, 0.2) is 77.1 Å². The summed E-state index contributed by atoms with van der Waals surface area (Å²) in [6.07, 6.45) is 1.65. The summed E-state index contributed by atoms with van der Waals surface area (Å²) < 4.78 is 11.5. The SMILES string of the molecule is COc1ccc(C2C(C#N)=C(N=CN(C)C)Oc3c2ccc2ccccc32)cc1. The van der Waals surface area contributed by atoms with Crippen molar-refractivity contribution in [1.82, 2.24) is 4.90 Å². The highest BCUT2D eigenvalue weighted by Gasteiger charge is 2.32. The van der Waals surface area contributed by atoms with Crippen molar-refractivity contribution in [2.75, 3.05) is 21.2 Å². The van der Waals surface area contributed by atoms with Gasteiger partial charge in [0.25, 0.3) is 0 Å². The fraction of sp³-hybridized carbons (Fsp3) is 0.167. The van der Waals surface area contributed by atoms with Crippen molar-refractivity contribution in [3.8, 4) is 17.6 Å². The first-order valence-corrected chi connectivity index (χ1v) is 9.30. The summed E-state index contributed by atoms with van der Waals surface area (Å²) in [4.78, 5) is 6.27. The quantitative estimate of drug-likeness (QED) is 0.484. The summed E-state index contributed by atoms with van der Waals surface area (Å²) >= 11 is 0. The lowest BCUT2D eigenvalue weighted by Gasteiger charge is -2.27. The number of hydrogen-bond donors (Lipinski definition) is 0. The van der Waals surface area contributed by atoms with Gasteiger partial charge in [0.2, 0.25) is 5.88 Å². The summed E-state index contributed by atoms with van der Waals surface area (Å²) in [6, 6.07) is 22.3. The van der Waals surface area contributed by atoms with Crippen molar-refractivity contribution in [3.05, 3.63) is 83.2 Å². The van der Waals surface area contributed by atoms with E-state index in [9.17, 15) is 5.26 Å². The summed E-state index contributed by atoms with van der Waals surface area (Å²) in [5.41, 5.74) is 2.42. The summed E-state index contributed by atoms with van der Waals surface area (Å²) in [5.74, 6) is 1.57. The van der Waals surface area contributed by atoms with Gasteiger partial charge in [-0.25, -0.2) is 4.99 Å². The van der Waals surface area contributed by atoms with E-state index in [2.05, 4.69) is 17.1 Å². The van der Waals surface area contributed by atoms with Gasteiger partial charge in [0.1, 0.15) is 23.1 Å². The number of aliphatic imine (C=N–C) groups is 1. The number of fused-ring (bicyclic) bond motifs is 3. The smallest absolute Gasteiger partial charge is 0.235 e. The molecule has 0 saturated carbocycles. The van der Waals surface area contributed by atoms with Crippen LogP contribution in [0.3, 0.4) is 0 Å². The van der Waals surface area contributed by atoms with Crippen LogP contribution in [-0.4, -0.2) is 32.4 Å². The lowest BCUT2D eigenvalue weighted by molar-refractivity contribution is 0.398. The van der Waals surface area contributed by atoms with Crippen LogP contribution < -0.4 is 9.47 Å². The highest BCUT2D eigenvalue weighted by atomic mass is 16.5. The molecule has 1 aliphatic heterocycles. The van der Waals surface area contributed by atoms with Crippen LogP contribution in [0.25, 0.3) is 10.8 Å². The van der Waals surface area contributed by atoms with Crippen molar-refractivity contribution in [3.63, 3.8) is 0 Å². The molecule has 1 atom stereocenters. The molecule has 0 aliphatic carbocycles. The minimum Gasteiger partial charge on any atom is -0.497 e. The maximum absolute atomic E-state index is 10.00. The first kappa shape index (κ1) is 18.6. The van der Waals surface area contributed by atoms with Gasteiger partial charge in [-0.15, -0.1) is 0 Å². The van der Waals surface area contributed by atoms with E-state index in [1.807, 2.05) is 73.6 Å². The van der Waals surface area contributed by atoms with Crippen LogP contribution in [0.4, 0.5) is 0 Å². The largest absolute Gasteiger partial charge is 0.497 e. The minimum absolute atomic E-state index is 0.270. The lowest BCUT2D eigenvalue weighted by atomic mass is 9.82. The van der Waals surface area contributed by atoms with Crippen molar-refractivity contribution < 1.29 is 9.47 Å². The second kappa shape index (κ2) is 7.69. The Hall–Kier alpha value is -3.78. The first-order chi connectivity index (χ1) is 14.1. The van der Waals surface area contributed by atoms with Gasteiger partial charge < -0.3 is 14.4 Å². The second-order valence-corrected chi connectivity index (χ2v) is 7.05. The van der Waals surface area contributed by atoms with E-state index in [0.717, 1.165) is 33.4 Å². The molecule has 0 bridgehead atoms. The molecule has 4 rings (SSSR count). The van der Waals surface area contributed by atoms with Gasteiger partial charge in [0, 0.05) is 25.0 Å². The highest BCUT2D eigenvalue weighted by Crippen LogP contribution is 2.46. The number of methoxy groups -OCH3 is 1. The monoisotopic (exact) mass is 383 g/mol. The Kier molecular flexibility index (Phi) is 4.92. The molecule has 29 heavy (non-hydrogen) atoms. The molecule has 0 radical (unpaired) electrons. The zero-order valence-electron chi connectivity index (χ0n) is 16.6. The fourth-order valence-electron chi connectivity index (χ4n) is 3.55. The molecule has 144 valence electrons. The first-order valence-electron chi connectivity index (χ1n) is 9.30. The predicted molar refractivity (Wildman–Crippen MR) is 114 cm³/mol. The Balaban J connectivity index is 1.96. The average Bonchev–Trinajstić information content (AvgIpc) is 2.76. The van der Waals surface area contributed by atoms with Crippen LogP contribution in [0, 0.1) is 11.3 Å².